The molecule has 0 saturated heterocycles. The molecule has 2 aromatic rings. The van der Waals surface area contributed by atoms with E-state index in [0.717, 1.165) is 22.4 Å². The van der Waals surface area contributed by atoms with Crippen molar-refractivity contribution >= 4 is 11.9 Å². The summed E-state index contributed by atoms with van der Waals surface area (Å²) in [6.07, 6.45) is 3.38. The van der Waals surface area contributed by atoms with Crippen molar-refractivity contribution in [3.8, 4) is 5.75 Å². The third-order valence-electron chi connectivity index (χ3n) is 3.82. The molecule has 0 unspecified atom stereocenters. The number of carbonyl (C=O) groups excluding carboxylic acids is 1. The number of hydrogen-bond donors (Lipinski definition) is 1. The summed E-state index contributed by atoms with van der Waals surface area (Å²) < 4.78 is 5.89. The summed E-state index contributed by atoms with van der Waals surface area (Å²) >= 11 is 0. The van der Waals surface area contributed by atoms with Crippen molar-refractivity contribution in [1.29, 1.82) is 0 Å². The van der Waals surface area contributed by atoms with Crippen LogP contribution in [0.1, 0.15) is 33.5 Å². The summed E-state index contributed by atoms with van der Waals surface area (Å²) in [6, 6.07) is 7.33. The average molecular weight is 342 g/mol. The van der Waals surface area contributed by atoms with Crippen LogP contribution in [-0.2, 0) is 11.4 Å². The van der Waals surface area contributed by atoms with Gasteiger partial charge in [-0.3, -0.25) is 14.6 Å². The highest BCUT2D eigenvalue weighted by Crippen LogP contribution is 2.26. The number of carbonyl (C=O) groups is 2. The molecule has 0 saturated carbocycles. The van der Waals surface area contributed by atoms with Crippen molar-refractivity contribution in [2.75, 3.05) is 13.6 Å². The number of carboxylic acids is 1. The minimum atomic E-state index is -0.925. The number of hydrogen-bond acceptors (Lipinski definition) is 4. The van der Waals surface area contributed by atoms with Gasteiger partial charge in [0, 0.05) is 37.1 Å². The first-order valence-electron chi connectivity index (χ1n) is 7.98. The average Bonchev–Trinajstić information content (AvgIpc) is 2.59. The Hall–Kier alpha value is -2.89. The third-order valence-corrected chi connectivity index (χ3v) is 3.82. The van der Waals surface area contributed by atoms with Crippen LogP contribution in [0.4, 0.5) is 0 Å². The van der Waals surface area contributed by atoms with E-state index in [-0.39, 0.29) is 18.9 Å². The lowest BCUT2D eigenvalue weighted by atomic mass is 10.0. The molecule has 6 nitrogen and oxygen atoms in total. The quantitative estimate of drug-likeness (QED) is 0.837. The highest BCUT2D eigenvalue weighted by Gasteiger charge is 2.16. The number of carboxylic acid groups (broad SMARTS) is 1. The van der Waals surface area contributed by atoms with Gasteiger partial charge < -0.3 is 14.7 Å². The lowest BCUT2D eigenvalue weighted by molar-refractivity contribution is -0.137. The molecule has 0 fully saturated rings. The highest BCUT2D eigenvalue weighted by molar-refractivity contribution is 5.95. The second-order valence-electron chi connectivity index (χ2n) is 5.96. The Kier molecular flexibility index (Phi) is 6.11. The largest absolute Gasteiger partial charge is 0.488 e. The first-order valence-corrected chi connectivity index (χ1v) is 7.98. The van der Waals surface area contributed by atoms with Crippen molar-refractivity contribution in [3.63, 3.8) is 0 Å². The number of rotatable bonds is 7. The number of aromatic nitrogens is 1. The topological polar surface area (TPSA) is 79.7 Å². The van der Waals surface area contributed by atoms with Gasteiger partial charge in [-0.1, -0.05) is 6.07 Å². The highest BCUT2D eigenvalue weighted by atomic mass is 16.5. The van der Waals surface area contributed by atoms with E-state index in [4.69, 9.17) is 9.84 Å². The molecule has 1 N–H and O–H groups in total. The van der Waals surface area contributed by atoms with E-state index in [1.165, 1.54) is 4.90 Å². The molecule has 1 aromatic carbocycles. The summed E-state index contributed by atoms with van der Waals surface area (Å²) in [5, 5.41) is 8.73. The zero-order valence-electron chi connectivity index (χ0n) is 14.7. The van der Waals surface area contributed by atoms with E-state index < -0.39 is 5.97 Å². The fraction of sp³-hybridized carbons (Fsp3) is 0.316. The van der Waals surface area contributed by atoms with E-state index in [1.807, 2.05) is 26.0 Å². The Morgan fingerprint density at radius 2 is 1.92 bits per heavy atom. The van der Waals surface area contributed by atoms with Crippen LogP contribution < -0.4 is 4.74 Å². The van der Waals surface area contributed by atoms with Gasteiger partial charge in [0.15, 0.2) is 0 Å². The van der Waals surface area contributed by atoms with E-state index in [9.17, 15) is 9.59 Å². The molecule has 0 aliphatic heterocycles. The predicted molar refractivity (Wildman–Crippen MR) is 93.7 cm³/mol. The Bertz CT molecular complexity index is 736. The maximum Gasteiger partial charge on any atom is 0.305 e. The molecule has 1 heterocycles. The number of ether oxygens (including phenoxy) is 1. The van der Waals surface area contributed by atoms with Crippen molar-refractivity contribution in [2.24, 2.45) is 0 Å². The molecule has 1 amide bonds. The third kappa shape index (κ3) is 5.04. The van der Waals surface area contributed by atoms with Gasteiger partial charge in [-0.15, -0.1) is 0 Å². The van der Waals surface area contributed by atoms with Crippen molar-refractivity contribution in [2.45, 2.75) is 26.9 Å². The number of pyridine rings is 1. The van der Waals surface area contributed by atoms with Crippen LogP contribution in [0.25, 0.3) is 0 Å². The van der Waals surface area contributed by atoms with Gasteiger partial charge in [-0.05, 0) is 43.2 Å². The molecular weight excluding hydrogens is 320 g/mol. The summed E-state index contributed by atoms with van der Waals surface area (Å²) in [5.74, 6) is -0.383. The lowest BCUT2D eigenvalue weighted by Gasteiger charge is -2.18. The Morgan fingerprint density at radius 3 is 2.48 bits per heavy atom. The number of aliphatic carboxylic acids is 1. The van der Waals surface area contributed by atoms with Crippen molar-refractivity contribution in [1.82, 2.24) is 9.88 Å². The van der Waals surface area contributed by atoms with Crippen molar-refractivity contribution in [3.05, 3.63) is 58.9 Å². The van der Waals surface area contributed by atoms with Crippen LogP contribution in [0.2, 0.25) is 0 Å². The number of nitrogens with zero attached hydrogens (tertiary/aromatic N) is 2. The summed E-state index contributed by atoms with van der Waals surface area (Å²) in [5.41, 5.74) is 3.21. The van der Waals surface area contributed by atoms with E-state index >= 15 is 0 Å². The van der Waals surface area contributed by atoms with Gasteiger partial charge in [0.2, 0.25) is 0 Å². The first-order chi connectivity index (χ1) is 11.9. The number of aryl methyl sites for hydroxylation is 2. The molecule has 132 valence electrons. The first kappa shape index (κ1) is 18.4. The SMILES string of the molecule is Cc1cc(C(=O)N(C)CCC(=O)O)cc(C)c1OCc1cccnc1. The maximum atomic E-state index is 12.4. The number of amides is 1. The van der Waals surface area contributed by atoms with Crippen LogP contribution in [0, 0.1) is 13.8 Å². The molecule has 0 aliphatic rings. The smallest absolute Gasteiger partial charge is 0.305 e. The van der Waals surface area contributed by atoms with E-state index in [2.05, 4.69) is 4.98 Å². The molecule has 0 atom stereocenters. The molecule has 0 spiro atoms. The maximum absolute atomic E-state index is 12.4. The molecular formula is C19H22N2O4. The molecule has 0 bridgehead atoms. The fourth-order valence-corrected chi connectivity index (χ4v) is 2.53. The van der Waals surface area contributed by atoms with Gasteiger partial charge in [-0.2, -0.15) is 0 Å². The van der Waals surface area contributed by atoms with Gasteiger partial charge in [0.1, 0.15) is 12.4 Å². The van der Waals surface area contributed by atoms with Gasteiger partial charge in [0.25, 0.3) is 5.91 Å². The van der Waals surface area contributed by atoms with Crippen LogP contribution in [0.3, 0.4) is 0 Å². The molecule has 0 aliphatic carbocycles. The van der Waals surface area contributed by atoms with Gasteiger partial charge in [-0.25, -0.2) is 0 Å². The lowest BCUT2D eigenvalue weighted by Crippen LogP contribution is -2.29. The zero-order chi connectivity index (χ0) is 18.4. The van der Waals surface area contributed by atoms with Crippen LogP contribution in [0.5, 0.6) is 5.75 Å². The second kappa shape index (κ2) is 8.28. The van der Waals surface area contributed by atoms with Gasteiger partial charge in [0.05, 0.1) is 6.42 Å². The Morgan fingerprint density at radius 1 is 1.24 bits per heavy atom. The number of benzene rings is 1. The zero-order valence-corrected chi connectivity index (χ0v) is 14.7. The molecule has 0 radical (unpaired) electrons. The molecule has 25 heavy (non-hydrogen) atoms. The van der Waals surface area contributed by atoms with E-state index in [0.29, 0.717) is 12.2 Å². The van der Waals surface area contributed by atoms with Gasteiger partial charge >= 0.3 is 5.97 Å². The molecule has 6 heteroatoms. The monoisotopic (exact) mass is 342 g/mol. The van der Waals surface area contributed by atoms with Crippen LogP contribution in [-0.4, -0.2) is 40.5 Å². The minimum absolute atomic E-state index is 0.0769. The van der Waals surface area contributed by atoms with Crippen LogP contribution >= 0.6 is 0 Å². The normalized spacial score (nSPS) is 10.4. The second-order valence-corrected chi connectivity index (χ2v) is 5.96. The minimum Gasteiger partial charge on any atom is -0.488 e. The Labute approximate surface area is 147 Å². The van der Waals surface area contributed by atoms with E-state index in [1.54, 1.807) is 31.6 Å². The fourth-order valence-electron chi connectivity index (χ4n) is 2.53. The summed E-state index contributed by atoms with van der Waals surface area (Å²) in [6.45, 7) is 4.35. The molecule has 1 aromatic heterocycles. The molecule has 2 rings (SSSR count). The van der Waals surface area contributed by atoms with Crippen molar-refractivity contribution < 1.29 is 19.4 Å². The Balaban J connectivity index is 2.10. The summed E-state index contributed by atoms with van der Waals surface area (Å²) in [4.78, 5) is 28.6. The summed E-state index contributed by atoms with van der Waals surface area (Å²) in [7, 11) is 1.60. The standard InChI is InChI=1S/C19H22N2O4/c1-13-9-16(19(24)21(3)8-6-17(22)23)10-14(2)18(13)25-12-15-5-4-7-20-11-15/h4-5,7,9-11H,6,8,12H2,1-3H3,(H,22,23). The van der Waals surface area contributed by atoms with Crippen LogP contribution in [0.15, 0.2) is 36.7 Å². The predicted octanol–water partition coefficient (Wildman–Crippen LogP) is 2.82.